The van der Waals surface area contributed by atoms with Gasteiger partial charge < -0.3 is 10.4 Å². The lowest BCUT2D eigenvalue weighted by atomic mass is 10.2. The van der Waals surface area contributed by atoms with Crippen molar-refractivity contribution in [3.8, 4) is 0 Å². The first-order chi connectivity index (χ1) is 4.75. The van der Waals surface area contributed by atoms with Crippen molar-refractivity contribution in [2.45, 2.75) is 12.2 Å². The van der Waals surface area contributed by atoms with Crippen molar-refractivity contribution >= 4 is 5.91 Å². The highest BCUT2D eigenvalue weighted by atomic mass is 19.1. The number of carbonyl (C=O) groups excluding carboxylic acids is 1. The smallest absolute Gasteiger partial charge is 0.226 e. The summed E-state index contributed by atoms with van der Waals surface area (Å²) in [4.78, 5) is 10.7. The first-order valence-electron chi connectivity index (χ1n) is 3.31. The van der Waals surface area contributed by atoms with Crippen LogP contribution in [0.15, 0.2) is 0 Å². The van der Waals surface area contributed by atoms with E-state index in [1.807, 2.05) is 0 Å². The van der Waals surface area contributed by atoms with Crippen LogP contribution in [0.4, 0.5) is 4.39 Å². The summed E-state index contributed by atoms with van der Waals surface area (Å²) < 4.78 is 12.5. The summed E-state index contributed by atoms with van der Waals surface area (Å²) in [5, 5.41) is 11.1. The fourth-order valence-electron chi connectivity index (χ4n) is 1.63. The molecule has 10 heavy (non-hydrogen) atoms. The predicted molar refractivity (Wildman–Crippen MR) is 30.9 cm³/mol. The summed E-state index contributed by atoms with van der Waals surface area (Å²) in [5.74, 6) is -0.925. The van der Waals surface area contributed by atoms with Gasteiger partial charge in [-0.1, -0.05) is 0 Å². The summed E-state index contributed by atoms with van der Waals surface area (Å²) in [6.45, 7) is -0.146. The molecule has 2 fully saturated rings. The molecule has 0 bridgehead atoms. The van der Waals surface area contributed by atoms with Crippen molar-refractivity contribution in [2.24, 2.45) is 11.8 Å². The van der Waals surface area contributed by atoms with Crippen LogP contribution in [-0.4, -0.2) is 29.8 Å². The monoisotopic (exact) mass is 145 g/mol. The van der Waals surface area contributed by atoms with E-state index in [9.17, 15) is 9.18 Å². The van der Waals surface area contributed by atoms with Gasteiger partial charge in [0.2, 0.25) is 5.91 Å². The van der Waals surface area contributed by atoms with Gasteiger partial charge in [-0.3, -0.25) is 4.79 Å². The van der Waals surface area contributed by atoms with Crippen molar-refractivity contribution in [1.82, 2.24) is 5.32 Å². The molecule has 0 spiro atoms. The molecule has 0 radical (unpaired) electrons. The number of carbonyl (C=O) groups is 1. The second-order valence-electron chi connectivity index (χ2n) is 2.85. The van der Waals surface area contributed by atoms with Crippen LogP contribution in [0, 0.1) is 11.8 Å². The van der Waals surface area contributed by atoms with E-state index >= 15 is 0 Å². The Bertz CT molecular complexity index is 185. The van der Waals surface area contributed by atoms with Crippen LogP contribution in [0.2, 0.25) is 0 Å². The third-order valence-corrected chi connectivity index (χ3v) is 2.28. The first-order valence-corrected chi connectivity index (χ1v) is 3.31. The van der Waals surface area contributed by atoms with E-state index in [4.69, 9.17) is 5.11 Å². The van der Waals surface area contributed by atoms with Crippen LogP contribution in [0.3, 0.4) is 0 Å². The fourth-order valence-corrected chi connectivity index (χ4v) is 1.63. The molecule has 2 rings (SSSR count). The number of aliphatic hydroxyl groups is 1. The SMILES string of the molecule is O=C1NC(CO)C2C(F)C12. The van der Waals surface area contributed by atoms with Gasteiger partial charge in [0.15, 0.2) is 0 Å². The maximum atomic E-state index is 12.5. The quantitative estimate of drug-likeness (QED) is 0.500. The summed E-state index contributed by atoms with van der Waals surface area (Å²) in [5.41, 5.74) is 0. The van der Waals surface area contributed by atoms with Gasteiger partial charge >= 0.3 is 0 Å². The van der Waals surface area contributed by atoms with E-state index in [0.717, 1.165) is 0 Å². The first kappa shape index (κ1) is 6.09. The van der Waals surface area contributed by atoms with Gasteiger partial charge in [-0.2, -0.15) is 0 Å². The molecule has 1 aliphatic heterocycles. The summed E-state index contributed by atoms with van der Waals surface area (Å²) >= 11 is 0. The van der Waals surface area contributed by atoms with Crippen LogP contribution in [0.5, 0.6) is 0 Å². The third-order valence-electron chi connectivity index (χ3n) is 2.28. The average Bonchev–Trinajstić information content (AvgIpc) is 2.40. The number of nitrogens with one attached hydrogen (secondary N) is 1. The second kappa shape index (κ2) is 1.69. The highest BCUT2D eigenvalue weighted by Crippen LogP contribution is 2.48. The lowest BCUT2D eigenvalue weighted by Crippen LogP contribution is -2.35. The lowest BCUT2D eigenvalue weighted by molar-refractivity contribution is -0.121. The lowest BCUT2D eigenvalue weighted by Gasteiger charge is -2.08. The van der Waals surface area contributed by atoms with Gasteiger partial charge in [-0.25, -0.2) is 4.39 Å². The molecule has 56 valence electrons. The Morgan fingerprint density at radius 1 is 1.70 bits per heavy atom. The molecule has 1 saturated heterocycles. The van der Waals surface area contributed by atoms with Crippen molar-refractivity contribution in [3.63, 3.8) is 0 Å². The van der Waals surface area contributed by atoms with Crippen LogP contribution in [0.25, 0.3) is 0 Å². The maximum absolute atomic E-state index is 12.5. The predicted octanol–water partition coefficient (Wildman–Crippen LogP) is -0.939. The van der Waals surface area contributed by atoms with Gasteiger partial charge in [-0.05, 0) is 0 Å². The molecular weight excluding hydrogens is 137 g/mol. The van der Waals surface area contributed by atoms with Gasteiger partial charge in [0.25, 0.3) is 0 Å². The number of halogens is 1. The summed E-state index contributed by atoms with van der Waals surface area (Å²) in [7, 11) is 0. The van der Waals surface area contributed by atoms with Crippen LogP contribution in [-0.2, 0) is 4.79 Å². The highest BCUT2D eigenvalue weighted by molar-refractivity contribution is 5.86. The molecule has 4 atom stereocenters. The molecule has 0 aromatic carbocycles. The standard InChI is InChI=1S/C6H8FNO2/c7-5-3-2(1-9)8-6(10)4(3)5/h2-5,9H,1H2,(H,8,10). The van der Waals surface area contributed by atoms with Gasteiger partial charge in [0.1, 0.15) is 6.17 Å². The Kier molecular flexibility index (Phi) is 1.03. The number of hydrogen-bond acceptors (Lipinski definition) is 2. The Hall–Kier alpha value is -0.640. The Labute approximate surface area is 57.2 Å². The Balaban J connectivity index is 2.11. The normalized spacial score (nSPS) is 50.4. The van der Waals surface area contributed by atoms with Crippen LogP contribution < -0.4 is 5.32 Å². The summed E-state index contributed by atoms with van der Waals surface area (Å²) in [6, 6.07) is -0.326. The Morgan fingerprint density at radius 3 is 2.70 bits per heavy atom. The van der Waals surface area contributed by atoms with E-state index in [-0.39, 0.29) is 24.5 Å². The van der Waals surface area contributed by atoms with Crippen LogP contribution in [0.1, 0.15) is 0 Å². The van der Waals surface area contributed by atoms with Gasteiger partial charge in [-0.15, -0.1) is 0 Å². The molecule has 1 heterocycles. The molecule has 0 aromatic rings. The second-order valence-corrected chi connectivity index (χ2v) is 2.85. The maximum Gasteiger partial charge on any atom is 0.226 e. The Morgan fingerprint density at radius 2 is 2.40 bits per heavy atom. The number of amides is 1. The molecule has 2 aliphatic rings. The number of hydrogen-bond donors (Lipinski definition) is 2. The molecule has 1 amide bonds. The minimum absolute atomic E-state index is 0.146. The molecule has 3 nitrogen and oxygen atoms in total. The van der Waals surface area contributed by atoms with Crippen LogP contribution >= 0.6 is 0 Å². The molecule has 1 aliphatic carbocycles. The van der Waals surface area contributed by atoms with Crippen molar-refractivity contribution in [2.75, 3.05) is 6.61 Å². The average molecular weight is 145 g/mol. The molecule has 0 aromatic heterocycles. The topological polar surface area (TPSA) is 49.3 Å². The molecule has 1 saturated carbocycles. The fraction of sp³-hybridized carbons (Fsp3) is 0.833. The largest absolute Gasteiger partial charge is 0.394 e. The van der Waals surface area contributed by atoms with E-state index in [1.54, 1.807) is 0 Å². The van der Waals surface area contributed by atoms with Gasteiger partial charge in [0, 0.05) is 5.92 Å². The minimum Gasteiger partial charge on any atom is -0.394 e. The number of piperidine rings is 1. The minimum atomic E-state index is -0.995. The molecule has 4 unspecified atom stereocenters. The number of aliphatic hydroxyl groups excluding tert-OH is 1. The van der Waals surface area contributed by atoms with E-state index in [1.165, 1.54) is 0 Å². The zero-order chi connectivity index (χ0) is 7.30. The van der Waals surface area contributed by atoms with E-state index in [0.29, 0.717) is 0 Å². The highest BCUT2D eigenvalue weighted by Gasteiger charge is 2.64. The zero-order valence-corrected chi connectivity index (χ0v) is 5.25. The van der Waals surface area contributed by atoms with Crippen molar-refractivity contribution in [3.05, 3.63) is 0 Å². The van der Waals surface area contributed by atoms with E-state index < -0.39 is 12.1 Å². The number of alkyl halides is 1. The molecular formula is C6H8FNO2. The third kappa shape index (κ3) is 0.546. The van der Waals surface area contributed by atoms with Gasteiger partial charge in [0.05, 0.1) is 18.6 Å². The van der Waals surface area contributed by atoms with Crippen molar-refractivity contribution < 1.29 is 14.3 Å². The number of rotatable bonds is 1. The van der Waals surface area contributed by atoms with Crippen molar-refractivity contribution in [1.29, 1.82) is 0 Å². The number of fused-ring (bicyclic) bond motifs is 1. The molecule has 2 N–H and O–H groups in total. The summed E-state index contributed by atoms with van der Waals surface area (Å²) in [6.07, 6.45) is -0.995. The zero-order valence-electron chi connectivity index (χ0n) is 5.25. The molecule has 4 heteroatoms. The van der Waals surface area contributed by atoms with E-state index in [2.05, 4.69) is 5.32 Å².